The van der Waals surface area contributed by atoms with Crippen LogP contribution in [0.4, 0.5) is 13.2 Å². The Bertz CT molecular complexity index is 1680. The van der Waals surface area contributed by atoms with Gasteiger partial charge >= 0.3 is 5.97 Å². The molecule has 0 spiro atoms. The lowest BCUT2D eigenvalue weighted by Crippen LogP contribution is -2.06. The average Bonchev–Trinajstić information content (AvgIpc) is 3.34. The molecule has 0 unspecified atom stereocenters. The number of carboxylic acid groups (broad SMARTS) is 1. The topological polar surface area (TPSA) is 94.7 Å². The monoisotopic (exact) mass is 548 g/mol. The summed E-state index contributed by atoms with van der Waals surface area (Å²) in [5.41, 5.74) is 3.30. The fraction of sp³-hybridized carbons (Fsp3) is 0.167. The van der Waals surface area contributed by atoms with Crippen LogP contribution in [-0.2, 0) is 13.2 Å². The van der Waals surface area contributed by atoms with Gasteiger partial charge < -0.3 is 19.1 Å². The number of halogens is 3. The third-order valence-corrected chi connectivity index (χ3v) is 6.22. The third kappa shape index (κ3) is 5.61. The number of ether oxygens (including phenoxy) is 2. The van der Waals surface area contributed by atoms with E-state index in [9.17, 15) is 18.0 Å². The van der Waals surface area contributed by atoms with Crippen molar-refractivity contribution in [3.05, 3.63) is 107 Å². The first-order valence-corrected chi connectivity index (χ1v) is 12.3. The Hall–Kier alpha value is -4.86. The Morgan fingerprint density at radius 1 is 0.900 bits per heavy atom. The highest BCUT2D eigenvalue weighted by Crippen LogP contribution is 2.29. The molecule has 0 atom stereocenters. The van der Waals surface area contributed by atoms with Crippen LogP contribution >= 0.6 is 0 Å². The molecule has 7 nitrogen and oxygen atoms in total. The SMILES string of the molecule is CC(C)c1onc(COc2c(F)cc(F)cc2F)c1COc1ccc(-c2ccc3nc(C(=O)O)ccc3c2)cc1. The number of aromatic nitrogens is 2. The summed E-state index contributed by atoms with van der Waals surface area (Å²) in [4.78, 5) is 15.3. The minimum atomic E-state index is -1.16. The van der Waals surface area contributed by atoms with E-state index in [0.717, 1.165) is 16.5 Å². The number of rotatable bonds is 9. The summed E-state index contributed by atoms with van der Waals surface area (Å²) in [5.74, 6) is -4.07. The van der Waals surface area contributed by atoms with Crippen molar-refractivity contribution in [3.63, 3.8) is 0 Å². The van der Waals surface area contributed by atoms with E-state index in [2.05, 4.69) is 10.1 Å². The van der Waals surface area contributed by atoms with Crippen LogP contribution < -0.4 is 9.47 Å². The lowest BCUT2D eigenvalue weighted by atomic mass is 10.0. The highest BCUT2D eigenvalue weighted by Gasteiger charge is 2.21. The zero-order chi connectivity index (χ0) is 28.4. The predicted octanol–water partition coefficient (Wildman–Crippen LogP) is 7.29. The maximum absolute atomic E-state index is 14.0. The van der Waals surface area contributed by atoms with Crippen molar-refractivity contribution in [2.24, 2.45) is 0 Å². The minimum absolute atomic E-state index is 0.0142. The van der Waals surface area contributed by atoms with Crippen LogP contribution in [0.1, 0.15) is 47.3 Å². The molecular formula is C30H23F3N2O5. The van der Waals surface area contributed by atoms with Crippen LogP contribution in [0.15, 0.2) is 71.3 Å². The van der Waals surface area contributed by atoms with Gasteiger partial charge in [0, 0.05) is 23.4 Å². The summed E-state index contributed by atoms with van der Waals surface area (Å²) in [5, 5.41) is 13.9. The number of hydrogen-bond donors (Lipinski definition) is 1. The molecule has 1 N–H and O–H groups in total. The molecule has 0 aliphatic carbocycles. The van der Waals surface area contributed by atoms with Gasteiger partial charge in [-0.1, -0.05) is 43.3 Å². The first-order valence-electron chi connectivity index (χ1n) is 12.3. The average molecular weight is 549 g/mol. The van der Waals surface area contributed by atoms with Crippen LogP contribution in [0.25, 0.3) is 22.0 Å². The molecule has 0 aliphatic heterocycles. The molecule has 0 saturated carbocycles. The van der Waals surface area contributed by atoms with Crippen molar-refractivity contribution < 1.29 is 37.1 Å². The number of aromatic carboxylic acids is 1. The van der Waals surface area contributed by atoms with Crippen LogP contribution in [0.5, 0.6) is 11.5 Å². The highest BCUT2D eigenvalue weighted by molar-refractivity contribution is 5.91. The van der Waals surface area contributed by atoms with E-state index < -0.39 is 29.2 Å². The summed E-state index contributed by atoms with van der Waals surface area (Å²) >= 11 is 0. The summed E-state index contributed by atoms with van der Waals surface area (Å²) < 4.78 is 57.9. The Kier molecular flexibility index (Phi) is 7.41. The van der Waals surface area contributed by atoms with Crippen molar-refractivity contribution in [1.82, 2.24) is 10.1 Å². The molecule has 0 amide bonds. The molecule has 10 heteroatoms. The maximum atomic E-state index is 14.0. The molecule has 204 valence electrons. The molecule has 0 radical (unpaired) electrons. The van der Waals surface area contributed by atoms with Crippen LogP contribution in [-0.4, -0.2) is 21.2 Å². The van der Waals surface area contributed by atoms with Crippen molar-refractivity contribution in [1.29, 1.82) is 0 Å². The van der Waals surface area contributed by atoms with Gasteiger partial charge in [-0.2, -0.15) is 0 Å². The Morgan fingerprint density at radius 2 is 1.60 bits per heavy atom. The van der Waals surface area contributed by atoms with E-state index in [4.69, 9.17) is 19.1 Å². The Balaban J connectivity index is 1.30. The molecule has 40 heavy (non-hydrogen) atoms. The van der Waals surface area contributed by atoms with Crippen molar-refractivity contribution in [2.75, 3.05) is 0 Å². The van der Waals surface area contributed by atoms with E-state index in [-0.39, 0.29) is 24.8 Å². The molecule has 0 bridgehead atoms. The minimum Gasteiger partial charge on any atom is -0.489 e. The lowest BCUT2D eigenvalue weighted by Gasteiger charge is -2.11. The van der Waals surface area contributed by atoms with Gasteiger partial charge in [-0.3, -0.25) is 0 Å². The van der Waals surface area contributed by atoms with Crippen LogP contribution in [0.3, 0.4) is 0 Å². The standard InChI is InChI=1S/C30H23F3N2O5/c1-16(2)28-22(27(35-40-28)15-39-29-23(32)12-20(31)13-24(29)33)14-38-21-7-3-17(4-8-21)18-5-9-25-19(11-18)6-10-26(34-25)30(36)37/h3-13,16H,14-15H2,1-2H3,(H,36,37). The zero-order valence-electron chi connectivity index (χ0n) is 21.5. The number of carbonyl (C=O) groups is 1. The van der Waals surface area contributed by atoms with Gasteiger partial charge in [0.25, 0.3) is 0 Å². The van der Waals surface area contributed by atoms with E-state index in [1.807, 2.05) is 38.1 Å². The van der Waals surface area contributed by atoms with Gasteiger partial charge in [0.1, 0.15) is 41.9 Å². The van der Waals surface area contributed by atoms with Crippen molar-refractivity contribution >= 4 is 16.9 Å². The molecule has 0 saturated heterocycles. The zero-order valence-corrected chi connectivity index (χ0v) is 21.5. The van der Waals surface area contributed by atoms with E-state index >= 15 is 0 Å². The second-order valence-electron chi connectivity index (χ2n) is 9.34. The second kappa shape index (κ2) is 11.1. The van der Waals surface area contributed by atoms with Gasteiger partial charge in [-0.05, 0) is 41.5 Å². The molecular weight excluding hydrogens is 525 g/mol. The highest BCUT2D eigenvalue weighted by atomic mass is 19.1. The maximum Gasteiger partial charge on any atom is 0.354 e. The third-order valence-electron chi connectivity index (χ3n) is 6.22. The van der Waals surface area contributed by atoms with E-state index in [1.54, 1.807) is 24.3 Å². The molecule has 5 rings (SSSR count). The van der Waals surface area contributed by atoms with Gasteiger partial charge in [-0.15, -0.1) is 0 Å². The number of fused-ring (bicyclic) bond motifs is 1. The molecule has 0 aliphatic rings. The predicted molar refractivity (Wildman–Crippen MR) is 140 cm³/mol. The van der Waals surface area contributed by atoms with Crippen molar-refractivity contribution in [2.45, 2.75) is 33.0 Å². The van der Waals surface area contributed by atoms with Gasteiger partial charge in [0.2, 0.25) is 0 Å². The molecule has 5 aromatic rings. The number of nitrogens with zero attached hydrogens (tertiary/aromatic N) is 2. The van der Waals surface area contributed by atoms with Crippen LogP contribution in [0, 0.1) is 17.5 Å². The quantitative estimate of drug-likeness (QED) is 0.207. The normalized spacial score (nSPS) is 11.2. The molecule has 2 heterocycles. The second-order valence-corrected chi connectivity index (χ2v) is 9.34. The molecule has 3 aromatic carbocycles. The summed E-state index contributed by atoms with van der Waals surface area (Å²) in [7, 11) is 0. The molecule has 0 fully saturated rings. The first-order chi connectivity index (χ1) is 19.2. The Morgan fingerprint density at radius 3 is 2.27 bits per heavy atom. The summed E-state index contributed by atoms with van der Waals surface area (Å²) in [6.07, 6.45) is 0. The number of carboxylic acids is 1. The number of hydrogen-bond acceptors (Lipinski definition) is 6. The fourth-order valence-corrected chi connectivity index (χ4v) is 4.21. The van der Waals surface area contributed by atoms with Gasteiger partial charge in [0.15, 0.2) is 17.4 Å². The smallest absolute Gasteiger partial charge is 0.354 e. The van der Waals surface area contributed by atoms with E-state index in [0.29, 0.717) is 40.4 Å². The molecule has 2 aromatic heterocycles. The number of benzene rings is 3. The van der Waals surface area contributed by atoms with Gasteiger partial charge in [-0.25, -0.2) is 22.9 Å². The van der Waals surface area contributed by atoms with Crippen LogP contribution in [0.2, 0.25) is 0 Å². The van der Waals surface area contributed by atoms with Crippen molar-refractivity contribution in [3.8, 4) is 22.6 Å². The summed E-state index contributed by atoms with van der Waals surface area (Å²) in [6, 6.07) is 17.2. The lowest BCUT2D eigenvalue weighted by molar-refractivity contribution is 0.0691. The fourth-order valence-electron chi connectivity index (χ4n) is 4.21. The first kappa shape index (κ1) is 26.7. The van der Waals surface area contributed by atoms with Gasteiger partial charge in [0.05, 0.1) is 11.1 Å². The van der Waals surface area contributed by atoms with E-state index in [1.165, 1.54) is 6.07 Å². The summed E-state index contributed by atoms with van der Waals surface area (Å²) in [6.45, 7) is 3.57. The Labute approximate surface area is 226 Å². The largest absolute Gasteiger partial charge is 0.489 e. The number of pyridine rings is 1.